The Balaban J connectivity index is 1.83. The summed E-state index contributed by atoms with van der Waals surface area (Å²) in [5.41, 5.74) is 3.00. The Morgan fingerprint density at radius 1 is 1.24 bits per heavy atom. The molecule has 0 saturated carbocycles. The van der Waals surface area contributed by atoms with Gasteiger partial charge in [0.05, 0.1) is 5.56 Å². The van der Waals surface area contributed by atoms with Gasteiger partial charge >= 0.3 is 0 Å². The van der Waals surface area contributed by atoms with E-state index in [2.05, 4.69) is 26.2 Å². The van der Waals surface area contributed by atoms with Crippen molar-refractivity contribution < 1.29 is 9.18 Å². The zero-order valence-electron chi connectivity index (χ0n) is 13.9. The summed E-state index contributed by atoms with van der Waals surface area (Å²) < 4.78 is 16.1. The molecule has 0 aliphatic rings. The Hall–Kier alpha value is -2.47. The predicted molar refractivity (Wildman–Crippen MR) is 98.3 cm³/mol. The van der Waals surface area contributed by atoms with Crippen molar-refractivity contribution in [3.63, 3.8) is 0 Å². The molecule has 1 aromatic carbocycles. The van der Waals surface area contributed by atoms with Crippen LogP contribution in [0.4, 0.5) is 4.39 Å². The smallest absolute Gasteiger partial charge is 0.253 e. The van der Waals surface area contributed by atoms with E-state index in [9.17, 15) is 9.18 Å². The number of amides is 1. The maximum absolute atomic E-state index is 13.4. The number of aromatic nitrogens is 2. The third-order valence-electron chi connectivity index (χ3n) is 4.00. The molecule has 0 fully saturated rings. The largest absolute Gasteiger partial charge is 0.348 e. The highest BCUT2D eigenvalue weighted by Crippen LogP contribution is 2.21. The minimum absolute atomic E-state index is 0.202. The Bertz CT molecular complexity index is 922. The van der Waals surface area contributed by atoms with Crippen molar-refractivity contribution >= 4 is 21.8 Å². The molecule has 0 radical (unpaired) electrons. The number of carbonyl (C=O) groups excluding carboxylic acids is 1. The van der Waals surface area contributed by atoms with Crippen molar-refractivity contribution in [3.05, 3.63) is 81.5 Å². The highest BCUT2D eigenvalue weighted by molar-refractivity contribution is 9.10. The first-order valence-electron chi connectivity index (χ1n) is 7.80. The molecule has 2 heterocycles. The van der Waals surface area contributed by atoms with Gasteiger partial charge < -0.3 is 9.88 Å². The topological polar surface area (TPSA) is 46.9 Å². The normalized spacial score (nSPS) is 10.7. The number of pyridine rings is 1. The second kappa shape index (κ2) is 7.19. The van der Waals surface area contributed by atoms with E-state index in [1.54, 1.807) is 12.3 Å². The zero-order valence-corrected chi connectivity index (χ0v) is 15.5. The first-order chi connectivity index (χ1) is 12.0. The molecule has 0 spiro atoms. The maximum atomic E-state index is 13.4. The average Bonchev–Trinajstić information content (AvgIpc) is 2.90. The van der Waals surface area contributed by atoms with Gasteiger partial charge in [0.25, 0.3) is 5.91 Å². The Labute approximate surface area is 153 Å². The van der Waals surface area contributed by atoms with E-state index in [1.165, 1.54) is 12.1 Å². The molecule has 0 aliphatic heterocycles. The monoisotopic (exact) mass is 401 g/mol. The van der Waals surface area contributed by atoms with Crippen LogP contribution in [0.3, 0.4) is 0 Å². The molecule has 25 heavy (non-hydrogen) atoms. The number of aryl methyl sites for hydroxylation is 1. The van der Waals surface area contributed by atoms with Crippen LogP contribution in [0.1, 0.15) is 27.3 Å². The molecule has 0 atom stereocenters. The lowest BCUT2D eigenvalue weighted by Crippen LogP contribution is -2.23. The molecule has 128 valence electrons. The van der Waals surface area contributed by atoms with Crippen LogP contribution in [0.15, 0.2) is 53.1 Å². The maximum Gasteiger partial charge on any atom is 0.253 e. The third-order valence-corrected chi connectivity index (χ3v) is 4.77. The molecule has 0 unspecified atom stereocenters. The van der Waals surface area contributed by atoms with Gasteiger partial charge in [-0.25, -0.2) is 9.37 Å². The van der Waals surface area contributed by atoms with Crippen molar-refractivity contribution in [3.8, 4) is 5.82 Å². The van der Waals surface area contributed by atoms with Gasteiger partial charge in [-0.2, -0.15) is 0 Å². The quantitative estimate of drug-likeness (QED) is 0.707. The van der Waals surface area contributed by atoms with Crippen LogP contribution in [0.5, 0.6) is 0 Å². The fourth-order valence-corrected chi connectivity index (χ4v) is 3.17. The standard InChI is InChI=1S/C19H17BrFN3O/c1-12-9-16(13(2)24(12)18-5-3-4-8-22-18)19(25)23-11-14-10-15(21)6-7-17(14)20/h3-10H,11H2,1-2H3,(H,23,25). The SMILES string of the molecule is Cc1cc(C(=O)NCc2cc(F)ccc2Br)c(C)n1-c1ccccn1. The van der Waals surface area contributed by atoms with E-state index in [-0.39, 0.29) is 18.3 Å². The Morgan fingerprint density at radius 3 is 2.76 bits per heavy atom. The van der Waals surface area contributed by atoms with Gasteiger partial charge in [0.15, 0.2) is 0 Å². The summed E-state index contributed by atoms with van der Waals surface area (Å²) in [6.07, 6.45) is 1.72. The number of rotatable bonds is 4. The van der Waals surface area contributed by atoms with Crippen LogP contribution in [-0.2, 0) is 6.54 Å². The fraction of sp³-hybridized carbons (Fsp3) is 0.158. The van der Waals surface area contributed by atoms with E-state index >= 15 is 0 Å². The predicted octanol–water partition coefficient (Wildman–Crippen LogP) is 4.32. The van der Waals surface area contributed by atoms with E-state index in [4.69, 9.17) is 0 Å². The molecular weight excluding hydrogens is 385 g/mol. The lowest BCUT2D eigenvalue weighted by Gasteiger charge is -2.09. The van der Waals surface area contributed by atoms with Crippen LogP contribution < -0.4 is 5.32 Å². The highest BCUT2D eigenvalue weighted by atomic mass is 79.9. The van der Waals surface area contributed by atoms with Crippen molar-refractivity contribution in [1.82, 2.24) is 14.9 Å². The Morgan fingerprint density at radius 2 is 2.04 bits per heavy atom. The summed E-state index contributed by atoms with van der Waals surface area (Å²) in [6, 6.07) is 11.9. The molecule has 1 N–H and O–H groups in total. The molecule has 0 aliphatic carbocycles. The first kappa shape index (κ1) is 17.4. The fourth-order valence-electron chi connectivity index (χ4n) is 2.78. The van der Waals surface area contributed by atoms with Crippen LogP contribution in [0, 0.1) is 19.7 Å². The van der Waals surface area contributed by atoms with Crippen LogP contribution >= 0.6 is 15.9 Å². The number of nitrogens with zero attached hydrogens (tertiary/aromatic N) is 2. The van der Waals surface area contributed by atoms with Gasteiger partial charge in [-0.15, -0.1) is 0 Å². The second-order valence-corrected chi connectivity index (χ2v) is 6.58. The third kappa shape index (κ3) is 3.64. The van der Waals surface area contributed by atoms with Gasteiger partial charge in [0, 0.05) is 28.6 Å². The van der Waals surface area contributed by atoms with E-state index < -0.39 is 0 Å². The van der Waals surface area contributed by atoms with E-state index in [0.717, 1.165) is 21.7 Å². The molecule has 0 saturated heterocycles. The van der Waals surface area contributed by atoms with Crippen LogP contribution in [0.2, 0.25) is 0 Å². The van der Waals surface area contributed by atoms with Crippen LogP contribution in [-0.4, -0.2) is 15.5 Å². The molecule has 2 aromatic heterocycles. The van der Waals surface area contributed by atoms with Gasteiger partial charge in [0.2, 0.25) is 0 Å². The molecule has 3 rings (SSSR count). The number of halogens is 2. The van der Waals surface area contributed by atoms with Crippen molar-refractivity contribution in [2.45, 2.75) is 20.4 Å². The van der Waals surface area contributed by atoms with Crippen molar-refractivity contribution in [2.24, 2.45) is 0 Å². The van der Waals surface area contributed by atoms with Crippen LogP contribution in [0.25, 0.3) is 5.82 Å². The number of benzene rings is 1. The summed E-state index contributed by atoms with van der Waals surface area (Å²) >= 11 is 3.37. The molecule has 4 nitrogen and oxygen atoms in total. The summed E-state index contributed by atoms with van der Waals surface area (Å²) in [5.74, 6) is 0.233. The number of nitrogens with one attached hydrogen (secondary N) is 1. The average molecular weight is 402 g/mol. The zero-order chi connectivity index (χ0) is 18.0. The minimum Gasteiger partial charge on any atom is -0.348 e. The summed E-state index contributed by atoms with van der Waals surface area (Å²) in [7, 11) is 0. The van der Waals surface area contributed by atoms with Crippen molar-refractivity contribution in [2.75, 3.05) is 0 Å². The lowest BCUT2D eigenvalue weighted by atomic mass is 10.2. The van der Waals surface area contributed by atoms with E-state index in [1.807, 2.05) is 42.7 Å². The molecule has 1 amide bonds. The molecular formula is C19H17BrFN3O. The lowest BCUT2D eigenvalue weighted by molar-refractivity contribution is 0.0950. The molecule has 0 bridgehead atoms. The molecule has 3 aromatic rings. The number of hydrogen-bond donors (Lipinski definition) is 1. The summed E-state index contributed by atoms with van der Waals surface area (Å²) in [5, 5.41) is 2.85. The van der Waals surface area contributed by atoms with Gasteiger partial charge in [-0.3, -0.25) is 4.79 Å². The summed E-state index contributed by atoms with van der Waals surface area (Å²) in [6.45, 7) is 4.06. The first-order valence-corrected chi connectivity index (χ1v) is 8.59. The number of hydrogen-bond acceptors (Lipinski definition) is 2. The number of carbonyl (C=O) groups is 1. The molecule has 6 heteroatoms. The van der Waals surface area contributed by atoms with Gasteiger partial charge in [0.1, 0.15) is 11.6 Å². The van der Waals surface area contributed by atoms with Gasteiger partial charge in [-0.05, 0) is 55.8 Å². The highest BCUT2D eigenvalue weighted by Gasteiger charge is 2.17. The Kier molecular flexibility index (Phi) is 4.99. The minimum atomic E-state index is -0.333. The second-order valence-electron chi connectivity index (χ2n) is 5.73. The van der Waals surface area contributed by atoms with Gasteiger partial charge in [-0.1, -0.05) is 22.0 Å². The van der Waals surface area contributed by atoms with Crippen molar-refractivity contribution in [1.29, 1.82) is 0 Å². The summed E-state index contributed by atoms with van der Waals surface area (Å²) in [4.78, 5) is 16.9. The van der Waals surface area contributed by atoms with E-state index in [0.29, 0.717) is 11.1 Å².